The summed E-state index contributed by atoms with van der Waals surface area (Å²) in [7, 11) is 1.71. The molecule has 0 aliphatic carbocycles. The molecule has 0 fully saturated rings. The van der Waals surface area contributed by atoms with Crippen molar-refractivity contribution in [3.63, 3.8) is 0 Å². The highest BCUT2D eigenvalue weighted by atomic mass is 16.2. The summed E-state index contributed by atoms with van der Waals surface area (Å²) in [6.45, 7) is 3.31. The Morgan fingerprint density at radius 1 is 1.00 bits per heavy atom. The molecule has 0 saturated carbocycles. The van der Waals surface area contributed by atoms with E-state index in [9.17, 15) is 14.4 Å². The van der Waals surface area contributed by atoms with E-state index in [4.69, 9.17) is 0 Å². The first-order chi connectivity index (χ1) is 13.8. The molecule has 8 heteroatoms. The van der Waals surface area contributed by atoms with Gasteiger partial charge in [-0.15, -0.1) is 0 Å². The lowest BCUT2D eigenvalue weighted by atomic mass is 10.2. The van der Waals surface area contributed by atoms with Crippen LogP contribution in [-0.4, -0.2) is 25.8 Å². The Hall–Kier alpha value is -3.94. The number of nitrogens with one attached hydrogen (secondary N) is 2. The summed E-state index contributed by atoms with van der Waals surface area (Å²) in [5.74, 6) is -0.526. The zero-order valence-corrected chi connectivity index (χ0v) is 16.2. The molecule has 2 amide bonds. The van der Waals surface area contributed by atoms with Gasteiger partial charge >= 0.3 is 0 Å². The van der Waals surface area contributed by atoms with Gasteiger partial charge in [0.15, 0.2) is 0 Å². The molecule has 2 N–H and O–H groups in total. The van der Waals surface area contributed by atoms with Crippen molar-refractivity contribution in [1.29, 1.82) is 0 Å². The summed E-state index contributed by atoms with van der Waals surface area (Å²) in [6.07, 6.45) is 1.67. The van der Waals surface area contributed by atoms with Crippen LogP contribution < -0.4 is 16.2 Å². The third-order valence-electron chi connectivity index (χ3n) is 4.72. The molecule has 8 nitrogen and oxygen atoms in total. The number of hydrogen-bond donors (Lipinski definition) is 2. The highest BCUT2D eigenvalue weighted by Crippen LogP contribution is 2.19. The number of hydrogen-bond acceptors (Lipinski definition) is 4. The number of rotatable bonds is 3. The number of carbonyl (C=O) groups is 2. The first-order valence-corrected chi connectivity index (χ1v) is 9.01. The second kappa shape index (κ2) is 6.90. The van der Waals surface area contributed by atoms with Gasteiger partial charge in [-0.05, 0) is 48.9 Å². The second-order valence-electron chi connectivity index (χ2n) is 6.84. The summed E-state index contributed by atoms with van der Waals surface area (Å²) in [4.78, 5) is 41.4. The van der Waals surface area contributed by atoms with E-state index in [-0.39, 0.29) is 17.4 Å². The van der Waals surface area contributed by atoms with Crippen LogP contribution in [0.25, 0.3) is 16.7 Å². The van der Waals surface area contributed by atoms with E-state index in [2.05, 4.69) is 15.6 Å². The summed E-state index contributed by atoms with van der Waals surface area (Å²) >= 11 is 0. The number of aromatic nitrogens is 3. The van der Waals surface area contributed by atoms with Crippen LogP contribution in [0.5, 0.6) is 0 Å². The van der Waals surface area contributed by atoms with Gasteiger partial charge in [0.1, 0.15) is 17.0 Å². The topological polar surface area (TPSA) is 97.5 Å². The maximum Gasteiger partial charge on any atom is 0.272 e. The number of benzene rings is 1. The molecule has 4 aromatic rings. The Balaban J connectivity index is 1.71. The van der Waals surface area contributed by atoms with Gasteiger partial charge in [-0.1, -0.05) is 6.07 Å². The summed E-state index contributed by atoms with van der Waals surface area (Å²) in [5.41, 5.74) is 3.20. The van der Waals surface area contributed by atoms with Crippen LogP contribution >= 0.6 is 0 Å². The molecule has 0 unspecified atom stereocenters. The quantitative estimate of drug-likeness (QED) is 0.563. The van der Waals surface area contributed by atoms with Crippen LogP contribution in [-0.2, 0) is 11.8 Å². The molecule has 1 aromatic carbocycles. The van der Waals surface area contributed by atoms with Crippen molar-refractivity contribution < 1.29 is 9.59 Å². The number of aryl methyl sites for hydroxylation is 2. The molecule has 3 heterocycles. The fraction of sp³-hybridized carbons (Fsp3) is 0.143. The second-order valence-corrected chi connectivity index (χ2v) is 6.84. The fourth-order valence-electron chi connectivity index (χ4n) is 3.28. The van der Waals surface area contributed by atoms with Crippen LogP contribution in [0.3, 0.4) is 0 Å². The third-order valence-corrected chi connectivity index (χ3v) is 4.72. The van der Waals surface area contributed by atoms with Crippen molar-refractivity contribution in [3.05, 3.63) is 70.3 Å². The van der Waals surface area contributed by atoms with E-state index in [1.165, 1.54) is 11.3 Å². The minimum atomic E-state index is -0.358. The fourth-order valence-corrected chi connectivity index (χ4v) is 3.28. The van der Waals surface area contributed by atoms with Gasteiger partial charge in [0.25, 0.3) is 11.5 Å². The molecule has 0 radical (unpaired) electrons. The van der Waals surface area contributed by atoms with Gasteiger partial charge in [-0.25, -0.2) is 4.98 Å². The number of amides is 2. The van der Waals surface area contributed by atoms with Crippen molar-refractivity contribution in [2.75, 3.05) is 10.6 Å². The Kier molecular flexibility index (Phi) is 4.38. The monoisotopic (exact) mass is 389 g/mol. The van der Waals surface area contributed by atoms with E-state index < -0.39 is 0 Å². The van der Waals surface area contributed by atoms with Gasteiger partial charge in [-0.3, -0.25) is 18.8 Å². The summed E-state index contributed by atoms with van der Waals surface area (Å²) in [5, 5.41) is 5.85. The van der Waals surface area contributed by atoms with Crippen molar-refractivity contribution >= 4 is 39.9 Å². The Bertz CT molecular complexity index is 1330. The maximum absolute atomic E-state index is 12.9. The van der Waals surface area contributed by atoms with E-state index >= 15 is 0 Å². The van der Waals surface area contributed by atoms with Gasteiger partial charge in [0.05, 0.1) is 5.39 Å². The number of nitrogens with zero attached hydrogens (tertiary/aromatic N) is 3. The minimum Gasteiger partial charge on any atom is -0.326 e. The van der Waals surface area contributed by atoms with E-state index in [0.717, 1.165) is 5.56 Å². The lowest BCUT2D eigenvalue weighted by molar-refractivity contribution is -0.114. The van der Waals surface area contributed by atoms with E-state index in [1.54, 1.807) is 54.2 Å². The van der Waals surface area contributed by atoms with Crippen LogP contribution in [0.4, 0.5) is 11.4 Å². The molecule has 3 aromatic heterocycles. The number of fused-ring (bicyclic) bond motifs is 2. The van der Waals surface area contributed by atoms with Gasteiger partial charge in [0, 0.05) is 31.5 Å². The average molecular weight is 389 g/mol. The standard InChI is InChI=1S/C21H19N5O3/c1-12-5-4-10-26-18(12)24-19-16(21(26)29)11-17(25(19)3)20(28)23-15-8-6-14(7-9-15)22-13(2)27/h4-11H,1-3H3,(H,22,27)(H,23,28). The smallest absolute Gasteiger partial charge is 0.272 e. The summed E-state index contributed by atoms with van der Waals surface area (Å²) < 4.78 is 3.10. The molecular weight excluding hydrogens is 370 g/mol. The van der Waals surface area contributed by atoms with Crippen molar-refractivity contribution in [1.82, 2.24) is 14.0 Å². The molecule has 0 saturated heterocycles. The Morgan fingerprint density at radius 3 is 2.31 bits per heavy atom. The third kappa shape index (κ3) is 3.25. The molecule has 0 spiro atoms. The Labute approximate surface area is 165 Å². The SMILES string of the molecule is CC(=O)Nc1ccc(NC(=O)c2cc3c(=O)n4cccc(C)c4nc3n2C)cc1. The molecule has 0 atom stereocenters. The normalized spacial score (nSPS) is 11.0. The molecule has 146 valence electrons. The maximum atomic E-state index is 12.9. The summed E-state index contributed by atoms with van der Waals surface area (Å²) in [6, 6.07) is 12.0. The number of pyridine rings is 1. The molecule has 29 heavy (non-hydrogen) atoms. The van der Waals surface area contributed by atoms with E-state index in [1.807, 2.05) is 13.0 Å². The highest BCUT2D eigenvalue weighted by Gasteiger charge is 2.18. The Morgan fingerprint density at radius 2 is 1.66 bits per heavy atom. The number of anilines is 2. The minimum absolute atomic E-state index is 0.168. The molecule has 0 aliphatic rings. The lowest BCUT2D eigenvalue weighted by Crippen LogP contribution is -2.16. The molecular formula is C21H19N5O3. The van der Waals surface area contributed by atoms with Gasteiger partial charge in [-0.2, -0.15) is 0 Å². The zero-order chi connectivity index (χ0) is 20.7. The van der Waals surface area contributed by atoms with Crippen molar-refractivity contribution in [3.8, 4) is 0 Å². The molecule has 0 aliphatic heterocycles. The first kappa shape index (κ1) is 18.4. The zero-order valence-electron chi connectivity index (χ0n) is 16.2. The predicted molar refractivity (Wildman–Crippen MR) is 111 cm³/mol. The van der Waals surface area contributed by atoms with Gasteiger partial charge in [0.2, 0.25) is 5.91 Å². The molecule has 4 rings (SSSR count). The average Bonchev–Trinajstić information content (AvgIpc) is 3.01. The lowest BCUT2D eigenvalue weighted by Gasteiger charge is -2.08. The van der Waals surface area contributed by atoms with Crippen molar-refractivity contribution in [2.45, 2.75) is 13.8 Å². The van der Waals surface area contributed by atoms with Crippen LogP contribution in [0.15, 0.2) is 53.5 Å². The first-order valence-electron chi connectivity index (χ1n) is 9.01. The predicted octanol–water partition coefficient (Wildman–Crippen LogP) is 2.71. The van der Waals surface area contributed by atoms with Crippen LogP contribution in [0.1, 0.15) is 23.0 Å². The largest absolute Gasteiger partial charge is 0.326 e. The van der Waals surface area contributed by atoms with Gasteiger partial charge < -0.3 is 15.2 Å². The molecule has 0 bridgehead atoms. The highest BCUT2D eigenvalue weighted by molar-refractivity contribution is 6.06. The van der Waals surface area contributed by atoms with Crippen LogP contribution in [0.2, 0.25) is 0 Å². The van der Waals surface area contributed by atoms with E-state index in [0.29, 0.717) is 33.7 Å². The number of carbonyl (C=O) groups excluding carboxylic acids is 2. The van der Waals surface area contributed by atoms with Crippen molar-refractivity contribution in [2.24, 2.45) is 7.05 Å². The van der Waals surface area contributed by atoms with Crippen LogP contribution in [0, 0.1) is 6.92 Å².